The first-order chi connectivity index (χ1) is 22.2. The second kappa shape index (κ2) is 12.6. The minimum Gasteiger partial charge on any atom is -0.233 e. The second-order valence-corrected chi connectivity index (χ2v) is 11.3. The number of benzene rings is 7. The number of rotatable bonds is 6. The van der Waals surface area contributed by atoms with Crippen molar-refractivity contribution >= 4 is 49.6 Å². The van der Waals surface area contributed by atoms with Crippen molar-refractivity contribution in [3.8, 4) is 11.1 Å². The Morgan fingerprint density at radius 2 is 1.02 bits per heavy atom. The summed E-state index contributed by atoms with van der Waals surface area (Å²) >= 11 is 0. The maximum atomic E-state index is 5.30. The van der Waals surface area contributed by atoms with E-state index in [1.54, 1.807) is 0 Å². The molecule has 0 unspecified atom stereocenters. The van der Waals surface area contributed by atoms with Gasteiger partial charge in [0.2, 0.25) is 0 Å². The lowest BCUT2D eigenvalue weighted by Gasteiger charge is -2.15. The molecule has 0 heterocycles. The van der Waals surface area contributed by atoms with Crippen molar-refractivity contribution in [1.29, 1.82) is 0 Å². The molecular weight excluding hydrogens is 544 g/mol. The number of allylic oxidation sites excluding steroid dienone is 1. The number of hydrogen-bond acceptors (Lipinski definition) is 1. The maximum absolute atomic E-state index is 5.30. The zero-order valence-corrected chi connectivity index (χ0v) is 25.6. The van der Waals surface area contributed by atoms with E-state index in [4.69, 9.17) is 9.98 Å². The van der Waals surface area contributed by atoms with Gasteiger partial charge in [-0.25, -0.2) is 9.98 Å². The normalized spacial score (nSPS) is 12.7. The zero-order valence-electron chi connectivity index (χ0n) is 25.6. The Labute approximate surface area is 264 Å². The molecule has 0 bridgehead atoms. The predicted molar refractivity (Wildman–Crippen MR) is 194 cm³/mol. The van der Waals surface area contributed by atoms with Crippen LogP contribution in [0, 0.1) is 0 Å². The van der Waals surface area contributed by atoms with E-state index in [1.807, 2.05) is 43.3 Å². The maximum Gasteiger partial charge on any atom is 0.160 e. The third-order valence-corrected chi connectivity index (χ3v) is 8.38. The first-order valence-electron chi connectivity index (χ1n) is 15.6. The fraction of sp³-hybridized carbons (Fsp3) is 0.0698. The predicted octanol–water partition coefficient (Wildman–Crippen LogP) is 11.5. The molecule has 0 atom stereocenters. The molecule has 0 radical (unpaired) electrons. The smallest absolute Gasteiger partial charge is 0.160 e. The van der Waals surface area contributed by atoms with Gasteiger partial charge in [0.25, 0.3) is 0 Å². The van der Waals surface area contributed by atoms with Gasteiger partial charge in [-0.15, -0.1) is 0 Å². The number of amidine groups is 1. The summed E-state index contributed by atoms with van der Waals surface area (Å²) in [5.41, 5.74) is 7.31. The lowest BCUT2D eigenvalue weighted by Crippen LogP contribution is -2.04. The van der Waals surface area contributed by atoms with Crippen LogP contribution in [0.2, 0.25) is 0 Å². The van der Waals surface area contributed by atoms with Gasteiger partial charge in [-0.2, -0.15) is 0 Å². The average molecular weight is 579 g/mol. The van der Waals surface area contributed by atoms with Crippen LogP contribution in [0.3, 0.4) is 0 Å². The molecule has 2 heteroatoms. The van der Waals surface area contributed by atoms with Crippen molar-refractivity contribution < 1.29 is 0 Å². The van der Waals surface area contributed by atoms with E-state index in [2.05, 4.69) is 128 Å². The van der Waals surface area contributed by atoms with Crippen LogP contribution in [0.4, 0.5) is 0 Å². The van der Waals surface area contributed by atoms with Crippen LogP contribution >= 0.6 is 0 Å². The molecule has 0 spiro atoms. The Balaban J connectivity index is 1.41. The molecule has 7 aromatic carbocycles. The van der Waals surface area contributed by atoms with Gasteiger partial charge in [-0.05, 0) is 68.4 Å². The zero-order chi connectivity index (χ0) is 30.6. The molecule has 216 valence electrons. The standard InChI is InChI=1S/C43H34N2/c1-3-16-42(45-43(32-19-8-5-9-20-32)44-30(2)31-17-6-4-7-18-31)40-26-15-10-21-34(40)33-27-28-39-37-24-12-11-22-35(37)36-23-13-14-25-38(36)41(39)29-33/h4-29H,3H2,1-2H3/b42-16+,44-30+,45-43-. The molecule has 7 aromatic rings. The van der Waals surface area contributed by atoms with E-state index in [0.717, 1.165) is 40.1 Å². The SMILES string of the molecule is CC/C=C(/N=C(\N=C(/C)c1ccccc1)c1ccccc1)c1ccccc1-c1ccc2c3ccccc3c3ccccc3c2c1. The molecule has 0 saturated heterocycles. The van der Waals surface area contributed by atoms with Gasteiger partial charge < -0.3 is 0 Å². The van der Waals surface area contributed by atoms with Crippen molar-refractivity contribution in [1.82, 2.24) is 0 Å². The molecule has 7 rings (SSSR count). The lowest BCUT2D eigenvalue weighted by atomic mass is 9.90. The molecule has 0 aliphatic carbocycles. The molecule has 0 aromatic heterocycles. The monoisotopic (exact) mass is 578 g/mol. The van der Waals surface area contributed by atoms with Crippen LogP contribution < -0.4 is 0 Å². The van der Waals surface area contributed by atoms with Crippen LogP contribution in [0.25, 0.3) is 49.1 Å². The summed E-state index contributed by atoms with van der Waals surface area (Å²) < 4.78 is 0. The van der Waals surface area contributed by atoms with Crippen LogP contribution in [-0.4, -0.2) is 11.5 Å². The minimum atomic E-state index is 0.697. The van der Waals surface area contributed by atoms with E-state index in [-0.39, 0.29) is 0 Å². The number of fused-ring (bicyclic) bond motifs is 6. The Kier molecular flexibility index (Phi) is 7.87. The number of hydrogen-bond donors (Lipinski definition) is 0. The van der Waals surface area contributed by atoms with Gasteiger partial charge in [0, 0.05) is 16.8 Å². The molecular formula is C43H34N2. The van der Waals surface area contributed by atoms with E-state index in [0.29, 0.717) is 5.84 Å². The first-order valence-corrected chi connectivity index (χ1v) is 15.6. The highest BCUT2D eigenvalue weighted by Crippen LogP contribution is 2.38. The molecule has 45 heavy (non-hydrogen) atoms. The van der Waals surface area contributed by atoms with Crippen LogP contribution in [-0.2, 0) is 0 Å². The van der Waals surface area contributed by atoms with Crippen molar-refractivity contribution in [3.05, 3.63) is 174 Å². The Bertz CT molecular complexity index is 2200. The van der Waals surface area contributed by atoms with Crippen molar-refractivity contribution in [2.75, 3.05) is 0 Å². The third-order valence-electron chi connectivity index (χ3n) is 8.38. The van der Waals surface area contributed by atoms with Crippen molar-refractivity contribution in [3.63, 3.8) is 0 Å². The summed E-state index contributed by atoms with van der Waals surface area (Å²) in [6, 6.07) is 53.5. The topological polar surface area (TPSA) is 24.7 Å². The first kappa shape index (κ1) is 28.2. The average Bonchev–Trinajstić information content (AvgIpc) is 3.11. The Morgan fingerprint density at radius 3 is 1.64 bits per heavy atom. The second-order valence-electron chi connectivity index (χ2n) is 11.3. The van der Waals surface area contributed by atoms with Gasteiger partial charge in [0.1, 0.15) is 0 Å². The van der Waals surface area contributed by atoms with E-state index >= 15 is 0 Å². The van der Waals surface area contributed by atoms with Crippen LogP contribution in [0.15, 0.2) is 168 Å². The molecule has 0 N–H and O–H groups in total. The summed E-state index contributed by atoms with van der Waals surface area (Å²) in [5.74, 6) is 0.697. The Hall–Kier alpha value is -5.60. The number of aliphatic imine (C=N–C) groups is 2. The lowest BCUT2D eigenvalue weighted by molar-refractivity contribution is 1.21. The fourth-order valence-corrected chi connectivity index (χ4v) is 6.20. The van der Waals surface area contributed by atoms with Gasteiger partial charge in [0.05, 0.1) is 5.70 Å². The fourth-order valence-electron chi connectivity index (χ4n) is 6.20. The highest BCUT2D eigenvalue weighted by molar-refractivity contribution is 6.25. The summed E-state index contributed by atoms with van der Waals surface area (Å²) in [6.45, 7) is 4.21. The van der Waals surface area contributed by atoms with Crippen molar-refractivity contribution in [2.24, 2.45) is 9.98 Å². The van der Waals surface area contributed by atoms with Crippen molar-refractivity contribution in [2.45, 2.75) is 20.3 Å². The van der Waals surface area contributed by atoms with E-state index in [1.165, 1.54) is 37.9 Å². The molecule has 0 amide bonds. The summed E-state index contributed by atoms with van der Waals surface area (Å²) in [5, 5.41) is 7.64. The summed E-state index contributed by atoms with van der Waals surface area (Å²) in [7, 11) is 0. The molecule has 0 saturated carbocycles. The van der Waals surface area contributed by atoms with E-state index in [9.17, 15) is 0 Å². The molecule has 0 fully saturated rings. The molecule has 0 aliphatic rings. The number of nitrogens with zero attached hydrogens (tertiary/aromatic N) is 2. The van der Waals surface area contributed by atoms with Crippen LogP contribution in [0.1, 0.15) is 37.0 Å². The van der Waals surface area contributed by atoms with Crippen LogP contribution in [0.5, 0.6) is 0 Å². The third kappa shape index (κ3) is 5.59. The summed E-state index contributed by atoms with van der Waals surface area (Å²) in [6.07, 6.45) is 3.06. The van der Waals surface area contributed by atoms with Gasteiger partial charge >= 0.3 is 0 Å². The van der Waals surface area contributed by atoms with E-state index < -0.39 is 0 Å². The highest BCUT2D eigenvalue weighted by atomic mass is 14.9. The highest BCUT2D eigenvalue weighted by Gasteiger charge is 2.14. The molecule has 0 aliphatic heterocycles. The summed E-state index contributed by atoms with van der Waals surface area (Å²) in [4.78, 5) is 10.4. The van der Waals surface area contributed by atoms with Gasteiger partial charge in [0.15, 0.2) is 5.84 Å². The molecule has 2 nitrogen and oxygen atoms in total. The largest absolute Gasteiger partial charge is 0.233 e. The Morgan fingerprint density at radius 1 is 0.511 bits per heavy atom. The van der Waals surface area contributed by atoms with Gasteiger partial charge in [-0.1, -0.05) is 159 Å². The van der Waals surface area contributed by atoms with Gasteiger partial charge in [-0.3, -0.25) is 0 Å². The quantitative estimate of drug-likeness (QED) is 0.107. The minimum absolute atomic E-state index is 0.697.